The minimum Gasteiger partial charge on any atom is -0.477 e. The van der Waals surface area contributed by atoms with Crippen LogP contribution in [0.5, 0.6) is 11.5 Å². The molecule has 2 rings (SSSR count). The summed E-state index contributed by atoms with van der Waals surface area (Å²) in [6.07, 6.45) is 1.31. The smallest absolute Gasteiger partial charge is 0.341 e. The van der Waals surface area contributed by atoms with E-state index < -0.39 is 5.97 Å². The Morgan fingerprint density at radius 1 is 1.16 bits per heavy atom. The number of pyridine rings is 1. The van der Waals surface area contributed by atoms with E-state index in [-0.39, 0.29) is 5.56 Å². The highest BCUT2D eigenvalue weighted by atomic mass is 16.5. The lowest BCUT2D eigenvalue weighted by Gasteiger charge is -2.10. The zero-order valence-electron chi connectivity index (χ0n) is 11.1. The van der Waals surface area contributed by atoms with Crippen LogP contribution in [0.3, 0.4) is 0 Å². The van der Waals surface area contributed by atoms with E-state index in [2.05, 4.69) is 4.98 Å². The first kappa shape index (κ1) is 13.1. The van der Waals surface area contributed by atoms with E-state index in [9.17, 15) is 4.79 Å². The molecule has 0 fully saturated rings. The van der Waals surface area contributed by atoms with E-state index in [1.165, 1.54) is 6.20 Å². The van der Waals surface area contributed by atoms with Crippen LogP contribution in [0.1, 0.15) is 27.2 Å². The Balaban J connectivity index is 2.39. The van der Waals surface area contributed by atoms with Crippen molar-refractivity contribution in [3.63, 3.8) is 0 Å². The molecule has 0 saturated heterocycles. The lowest BCUT2D eigenvalue weighted by atomic mass is 10.1. The van der Waals surface area contributed by atoms with Crippen molar-refractivity contribution in [2.75, 3.05) is 0 Å². The maximum absolute atomic E-state index is 11.1. The summed E-state index contributed by atoms with van der Waals surface area (Å²) in [5, 5.41) is 9.11. The summed E-state index contributed by atoms with van der Waals surface area (Å²) in [5.74, 6) is -0.120. The molecule has 1 aromatic heterocycles. The number of aryl methyl sites for hydroxylation is 3. The summed E-state index contributed by atoms with van der Waals surface area (Å²) in [6, 6.07) is 7.28. The van der Waals surface area contributed by atoms with Crippen molar-refractivity contribution in [1.29, 1.82) is 0 Å². The van der Waals surface area contributed by atoms with Crippen LogP contribution in [0.2, 0.25) is 0 Å². The molecule has 0 bridgehead atoms. The van der Waals surface area contributed by atoms with Crippen molar-refractivity contribution in [2.24, 2.45) is 0 Å². The maximum atomic E-state index is 11.1. The number of hydrogen-bond acceptors (Lipinski definition) is 3. The number of carboxylic acid groups (broad SMARTS) is 1. The number of rotatable bonds is 3. The van der Waals surface area contributed by atoms with Gasteiger partial charge in [0.2, 0.25) is 0 Å². The number of aromatic nitrogens is 1. The fraction of sp³-hybridized carbons (Fsp3) is 0.200. The second kappa shape index (κ2) is 5.10. The first-order chi connectivity index (χ1) is 8.97. The van der Waals surface area contributed by atoms with Gasteiger partial charge in [0.25, 0.3) is 0 Å². The average molecular weight is 257 g/mol. The second-order valence-corrected chi connectivity index (χ2v) is 4.48. The van der Waals surface area contributed by atoms with Gasteiger partial charge in [-0.05, 0) is 44.0 Å². The summed E-state index contributed by atoms with van der Waals surface area (Å²) >= 11 is 0. The Morgan fingerprint density at radius 2 is 1.89 bits per heavy atom. The van der Waals surface area contributed by atoms with Crippen LogP contribution in [0.15, 0.2) is 30.5 Å². The molecule has 1 N–H and O–H groups in total. The first-order valence-corrected chi connectivity index (χ1v) is 5.92. The number of ether oxygens (including phenoxy) is 1. The van der Waals surface area contributed by atoms with Crippen LogP contribution in [0.25, 0.3) is 0 Å². The molecule has 0 atom stereocenters. The lowest BCUT2D eigenvalue weighted by Crippen LogP contribution is -2.02. The monoisotopic (exact) mass is 257 g/mol. The summed E-state index contributed by atoms with van der Waals surface area (Å²) < 4.78 is 5.67. The van der Waals surface area contributed by atoms with Crippen LogP contribution < -0.4 is 4.74 Å². The number of aromatic carboxylic acids is 1. The molecule has 4 nitrogen and oxygen atoms in total. The summed E-state index contributed by atoms with van der Waals surface area (Å²) in [7, 11) is 0. The van der Waals surface area contributed by atoms with E-state index in [0.717, 1.165) is 11.1 Å². The largest absolute Gasteiger partial charge is 0.477 e. The molecule has 98 valence electrons. The normalized spacial score (nSPS) is 10.3. The molecule has 19 heavy (non-hydrogen) atoms. The average Bonchev–Trinajstić information content (AvgIpc) is 2.33. The van der Waals surface area contributed by atoms with Crippen molar-refractivity contribution < 1.29 is 14.6 Å². The topological polar surface area (TPSA) is 59.4 Å². The molecule has 2 aromatic rings. The number of nitrogens with zero attached hydrogens (tertiary/aromatic N) is 1. The Morgan fingerprint density at radius 3 is 2.53 bits per heavy atom. The zero-order chi connectivity index (χ0) is 14.0. The summed E-state index contributed by atoms with van der Waals surface area (Å²) in [6.45, 7) is 5.79. The van der Waals surface area contributed by atoms with Crippen molar-refractivity contribution >= 4 is 5.97 Å². The van der Waals surface area contributed by atoms with Crippen molar-refractivity contribution in [1.82, 2.24) is 4.98 Å². The van der Waals surface area contributed by atoms with Gasteiger partial charge < -0.3 is 9.84 Å². The van der Waals surface area contributed by atoms with Crippen LogP contribution in [-0.2, 0) is 0 Å². The molecule has 0 amide bonds. The van der Waals surface area contributed by atoms with Gasteiger partial charge in [-0.1, -0.05) is 6.07 Å². The van der Waals surface area contributed by atoms with Crippen LogP contribution in [0, 0.1) is 20.8 Å². The third-order valence-electron chi connectivity index (χ3n) is 2.94. The second-order valence-electron chi connectivity index (χ2n) is 4.48. The molecule has 0 spiro atoms. The Bertz CT molecular complexity index is 635. The van der Waals surface area contributed by atoms with Crippen LogP contribution in [0.4, 0.5) is 0 Å². The summed E-state index contributed by atoms with van der Waals surface area (Å²) in [4.78, 5) is 15.1. The molecule has 0 aliphatic carbocycles. The van der Waals surface area contributed by atoms with Crippen LogP contribution in [-0.4, -0.2) is 16.1 Å². The number of carboxylic acids is 1. The molecule has 0 unspecified atom stereocenters. The zero-order valence-corrected chi connectivity index (χ0v) is 11.1. The first-order valence-electron chi connectivity index (χ1n) is 5.92. The highest BCUT2D eigenvalue weighted by Gasteiger charge is 2.13. The third kappa shape index (κ3) is 2.91. The molecule has 1 heterocycles. The fourth-order valence-corrected chi connectivity index (χ4v) is 1.68. The molecule has 0 aliphatic heterocycles. The van der Waals surface area contributed by atoms with Gasteiger partial charge >= 0.3 is 5.97 Å². The van der Waals surface area contributed by atoms with Gasteiger partial charge in [-0.3, -0.25) is 4.98 Å². The maximum Gasteiger partial charge on any atom is 0.341 e. The highest BCUT2D eigenvalue weighted by molar-refractivity contribution is 5.90. The van der Waals surface area contributed by atoms with Crippen LogP contribution >= 0.6 is 0 Å². The lowest BCUT2D eigenvalue weighted by molar-refractivity contribution is 0.0693. The SMILES string of the molecule is Cc1cc(Oc2ccc(C)c(C)c2)c(C(=O)O)cn1. The quantitative estimate of drug-likeness (QED) is 0.914. The van der Waals surface area contributed by atoms with Gasteiger partial charge in [0.15, 0.2) is 0 Å². The van der Waals surface area contributed by atoms with Gasteiger partial charge in [-0.2, -0.15) is 0 Å². The Labute approximate surface area is 111 Å². The molecule has 1 aromatic carbocycles. The predicted octanol–water partition coefficient (Wildman–Crippen LogP) is 3.50. The van der Waals surface area contributed by atoms with E-state index in [1.807, 2.05) is 32.0 Å². The number of benzene rings is 1. The number of hydrogen-bond donors (Lipinski definition) is 1. The van der Waals surface area contributed by atoms with E-state index >= 15 is 0 Å². The van der Waals surface area contributed by atoms with Crippen molar-refractivity contribution in [3.05, 3.63) is 52.8 Å². The minimum absolute atomic E-state index is 0.0591. The van der Waals surface area contributed by atoms with Gasteiger partial charge in [-0.15, -0.1) is 0 Å². The van der Waals surface area contributed by atoms with Crippen molar-refractivity contribution in [2.45, 2.75) is 20.8 Å². The molecule has 0 aliphatic rings. The molecule has 0 radical (unpaired) electrons. The highest BCUT2D eigenvalue weighted by Crippen LogP contribution is 2.27. The van der Waals surface area contributed by atoms with Gasteiger partial charge in [0, 0.05) is 18.0 Å². The fourth-order valence-electron chi connectivity index (χ4n) is 1.68. The van der Waals surface area contributed by atoms with E-state index in [0.29, 0.717) is 17.2 Å². The van der Waals surface area contributed by atoms with E-state index in [1.54, 1.807) is 13.0 Å². The molecule has 0 saturated carbocycles. The predicted molar refractivity (Wildman–Crippen MR) is 71.9 cm³/mol. The van der Waals surface area contributed by atoms with Gasteiger partial charge in [0.1, 0.15) is 17.1 Å². The van der Waals surface area contributed by atoms with Gasteiger partial charge in [0.05, 0.1) is 0 Å². The Kier molecular flexibility index (Phi) is 3.51. The standard InChI is InChI=1S/C15H15NO3/c1-9-4-5-12(6-10(9)2)19-14-7-11(3)16-8-13(14)15(17)18/h4-8H,1-3H3,(H,17,18). The van der Waals surface area contributed by atoms with E-state index in [4.69, 9.17) is 9.84 Å². The molecule has 4 heteroatoms. The minimum atomic E-state index is -1.05. The number of carbonyl (C=O) groups is 1. The van der Waals surface area contributed by atoms with Crippen molar-refractivity contribution in [3.8, 4) is 11.5 Å². The third-order valence-corrected chi connectivity index (χ3v) is 2.94. The molecular formula is C15H15NO3. The molecular weight excluding hydrogens is 242 g/mol. The van der Waals surface area contributed by atoms with Gasteiger partial charge in [-0.25, -0.2) is 4.79 Å². The summed E-state index contributed by atoms with van der Waals surface area (Å²) in [5.41, 5.74) is 3.03. The Hall–Kier alpha value is -2.36.